The molecule has 1 aromatic carbocycles. The van der Waals surface area contributed by atoms with E-state index in [1.165, 1.54) is 18.3 Å². The first-order valence-electron chi connectivity index (χ1n) is 8.78. The summed E-state index contributed by atoms with van der Waals surface area (Å²) in [4.78, 5) is 37.5. The van der Waals surface area contributed by atoms with Crippen molar-refractivity contribution in [1.29, 1.82) is 0 Å². The predicted octanol–water partition coefficient (Wildman–Crippen LogP) is 1.69. The molecule has 0 unspecified atom stereocenters. The number of para-hydroxylation sites is 1. The van der Waals surface area contributed by atoms with Gasteiger partial charge in [0, 0.05) is 33.2 Å². The highest BCUT2D eigenvalue weighted by Crippen LogP contribution is 2.37. The van der Waals surface area contributed by atoms with Crippen LogP contribution in [0.5, 0.6) is 0 Å². The summed E-state index contributed by atoms with van der Waals surface area (Å²) < 4.78 is 4.82. The van der Waals surface area contributed by atoms with Crippen molar-refractivity contribution in [1.82, 2.24) is 14.9 Å². The Balaban J connectivity index is 2.06. The number of nitro groups is 1. The Morgan fingerprint density at radius 1 is 1.21 bits per heavy atom. The number of nitrogens with zero attached hydrogens (tertiary/aromatic N) is 6. The largest absolute Gasteiger partial charge is 0.465 e. The van der Waals surface area contributed by atoms with E-state index in [4.69, 9.17) is 4.74 Å². The number of aromatic nitrogens is 2. The van der Waals surface area contributed by atoms with Gasteiger partial charge < -0.3 is 19.4 Å². The molecule has 0 radical (unpaired) electrons. The number of benzene rings is 1. The number of piperazine rings is 1. The number of carbonyl (C=O) groups is 1. The van der Waals surface area contributed by atoms with E-state index in [0.717, 1.165) is 13.1 Å². The second-order valence-electron chi connectivity index (χ2n) is 6.48. The Morgan fingerprint density at radius 2 is 1.89 bits per heavy atom. The Kier molecular flexibility index (Phi) is 5.69. The van der Waals surface area contributed by atoms with Crippen LogP contribution in [0.2, 0.25) is 0 Å². The molecule has 3 rings (SSSR count). The number of ether oxygens (including phenoxy) is 1. The van der Waals surface area contributed by atoms with E-state index in [9.17, 15) is 14.9 Å². The predicted molar refractivity (Wildman–Crippen MR) is 104 cm³/mol. The van der Waals surface area contributed by atoms with Crippen molar-refractivity contribution in [3.05, 3.63) is 46.3 Å². The van der Waals surface area contributed by atoms with Gasteiger partial charge in [0.15, 0.2) is 0 Å². The summed E-state index contributed by atoms with van der Waals surface area (Å²) in [6, 6.07) is 6.74. The molecule has 1 fully saturated rings. The molecule has 1 aromatic heterocycles. The maximum absolute atomic E-state index is 12.1. The third-order valence-corrected chi connectivity index (χ3v) is 4.76. The van der Waals surface area contributed by atoms with Crippen LogP contribution < -0.4 is 9.80 Å². The lowest BCUT2D eigenvalue weighted by atomic mass is 10.1. The van der Waals surface area contributed by atoms with Crippen LogP contribution in [0.25, 0.3) is 0 Å². The normalized spacial score (nSPS) is 14.6. The lowest BCUT2D eigenvalue weighted by molar-refractivity contribution is -0.383. The maximum Gasteiger partial charge on any atom is 0.353 e. The fourth-order valence-electron chi connectivity index (χ4n) is 3.18. The summed E-state index contributed by atoms with van der Waals surface area (Å²) in [7, 11) is 4.93. The molecule has 1 saturated heterocycles. The number of hydrogen-bond acceptors (Lipinski definition) is 9. The van der Waals surface area contributed by atoms with Gasteiger partial charge in [-0.05, 0) is 19.2 Å². The lowest BCUT2D eigenvalue weighted by Gasteiger charge is -2.33. The zero-order valence-corrected chi connectivity index (χ0v) is 16.0. The molecule has 2 heterocycles. The van der Waals surface area contributed by atoms with Crippen molar-refractivity contribution in [2.75, 3.05) is 57.2 Å². The second kappa shape index (κ2) is 8.17. The quantitative estimate of drug-likeness (QED) is 0.431. The molecule has 0 saturated carbocycles. The number of methoxy groups -OCH3 is 1. The van der Waals surface area contributed by atoms with E-state index < -0.39 is 10.9 Å². The first kappa shape index (κ1) is 19.5. The van der Waals surface area contributed by atoms with E-state index in [0.29, 0.717) is 24.3 Å². The molecule has 0 aliphatic carbocycles. The molecule has 1 aliphatic rings. The van der Waals surface area contributed by atoms with E-state index in [-0.39, 0.29) is 17.3 Å². The summed E-state index contributed by atoms with van der Waals surface area (Å²) in [5.74, 6) is -0.130. The number of anilines is 3. The van der Waals surface area contributed by atoms with Crippen molar-refractivity contribution in [3.8, 4) is 0 Å². The second-order valence-corrected chi connectivity index (χ2v) is 6.48. The van der Waals surface area contributed by atoms with Crippen molar-refractivity contribution < 1.29 is 14.5 Å². The van der Waals surface area contributed by atoms with Crippen LogP contribution in [0.3, 0.4) is 0 Å². The Labute approximate surface area is 162 Å². The van der Waals surface area contributed by atoms with Gasteiger partial charge >= 0.3 is 11.7 Å². The number of esters is 1. The molecule has 10 nitrogen and oxygen atoms in total. The first-order chi connectivity index (χ1) is 13.4. The van der Waals surface area contributed by atoms with Crippen LogP contribution in [0.1, 0.15) is 10.4 Å². The molecular weight excluding hydrogens is 364 g/mol. The van der Waals surface area contributed by atoms with Gasteiger partial charge in [0.05, 0.1) is 23.3 Å². The van der Waals surface area contributed by atoms with Gasteiger partial charge in [-0.2, -0.15) is 0 Å². The minimum absolute atomic E-state index is 0.116. The molecule has 148 valence electrons. The Bertz CT molecular complexity index is 882. The third-order valence-electron chi connectivity index (χ3n) is 4.76. The molecule has 0 atom stereocenters. The number of carbonyl (C=O) groups excluding carboxylic acids is 1. The molecule has 0 amide bonds. The van der Waals surface area contributed by atoms with Crippen LogP contribution in [0.15, 0.2) is 30.6 Å². The highest BCUT2D eigenvalue weighted by Gasteiger charge is 2.31. The number of rotatable bonds is 5. The topological polar surface area (TPSA) is 105 Å². The van der Waals surface area contributed by atoms with Crippen LogP contribution in [0, 0.1) is 10.1 Å². The minimum Gasteiger partial charge on any atom is -0.465 e. The summed E-state index contributed by atoms with van der Waals surface area (Å²) in [6.07, 6.45) is 1.31. The standard InChI is InChI=1S/C18H22N6O4/c1-21-8-10-23(11-9-21)17-15(24(26)27)16(19-12-20-17)22(2)14-7-5-4-6-13(14)18(25)28-3/h4-7,12H,8-11H2,1-3H3. The van der Waals surface area contributed by atoms with Gasteiger partial charge in [-0.3, -0.25) is 10.1 Å². The monoisotopic (exact) mass is 386 g/mol. The molecule has 1 aliphatic heterocycles. The summed E-state index contributed by atoms with van der Waals surface area (Å²) in [5.41, 5.74) is 0.566. The highest BCUT2D eigenvalue weighted by atomic mass is 16.6. The highest BCUT2D eigenvalue weighted by molar-refractivity contribution is 5.97. The fourth-order valence-corrected chi connectivity index (χ4v) is 3.18. The SMILES string of the molecule is COC(=O)c1ccccc1N(C)c1ncnc(N2CCN(C)CC2)c1[N+](=O)[O-]. The van der Waals surface area contributed by atoms with E-state index in [1.807, 2.05) is 11.9 Å². The van der Waals surface area contributed by atoms with Gasteiger partial charge in [0.1, 0.15) is 6.33 Å². The molecule has 28 heavy (non-hydrogen) atoms. The van der Waals surface area contributed by atoms with Crippen molar-refractivity contribution in [2.45, 2.75) is 0 Å². The van der Waals surface area contributed by atoms with Gasteiger partial charge in [-0.1, -0.05) is 12.1 Å². The zero-order valence-electron chi connectivity index (χ0n) is 16.0. The summed E-state index contributed by atoms with van der Waals surface area (Å²) in [5, 5.41) is 11.9. The average Bonchev–Trinajstić information content (AvgIpc) is 2.72. The van der Waals surface area contributed by atoms with Gasteiger partial charge in [0.2, 0.25) is 11.6 Å². The van der Waals surface area contributed by atoms with E-state index in [1.54, 1.807) is 31.3 Å². The van der Waals surface area contributed by atoms with Crippen molar-refractivity contribution in [3.63, 3.8) is 0 Å². The number of likely N-dealkylation sites (N-methyl/N-ethyl adjacent to an activating group) is 1. The molecule has 0 bridgehead atoms. The molecule has 0 spiro atoms. The van der Waals surface area contributed by atoms with E-state index >= 15 is 0 Å². The summed E-state index contributed by atoms with van der Waals surface area (Å²) >= 11 is 0. The molecule has 2 aromatic rings. The van der Waals surface area contributed by atoms with Gasteiger partial charge in [-0.15, -0.1) is 0 Å². The third kappa shape index (κ3) is 3.72. The van der Waals surface area contributed by atoms with Gasteiger partial charge in [-0.25, -0.2) is 14.8 Å². The Hall–Kier alpha value is -3.27. The van der Waals surface area contributed by atoms with Crippen LogP contribution in [0.4, 0.5) is 23.0 Å². The molecule has 0 N–H and O–H groups in total. The average molecular weight is 386 g/mol. The first-order valence-corrected chi connectivity index (χ1v) is 8.78. The van der Waals surface area contributed by atoms with Crippen LogP contribution in [-0.4, -0.2) is 73.1 Å². The minimum atomic E-state index is -0.529. The number of hydrogen-bond donors (Lipinski definition) is 0. The molecule has 10 heteroatoms. The van der Waals surface area contributed by atoms with Crippen molar-refractivity contribution >= 4 is 29.0 Å². The van der Waals surface area contributed by atoms with Gasteiger partial charge in [0.25, 0.3) is 0 Å². The summed E-state index contributed by atoms with van der Waals surface area (Å²) in [6.45, 7) is 2.85. The van der Waals surface area contributed by atoms with Crippen LogP contribution >= 0.6 is 0 Å². The maximum atomic E-state index is 12.1. The smallest absolute Gasteiger partial charge is 0.353 e. The van der Waals surface area contributed by atoms with Crippen molar-refractivity contribution in [2.24, 2.45) is 0 Å². The lowest BCUT2D eigenvalue weighted by Crippen LogP contribution is -2.45. The van der Waals surface area contributed by atoms with Crippen LogP contribution in [-0.2, 0) is 4.74 Å². The zero-order chi connectivity index (χ0) is 20.3. The fraction of sp³-hybridized carbons (Fsp3) is 0.389. The Morgan fingerprint density at radius 3 is 2.54 bits per heavy atom. The molecular formula is C18H22N6O4. The van der Waals surface area contributed by atoms with E-state index in [2.05, 4.69) is 14.9 Å².